The van der Waals surface area contributed by atoms with Crippen LogP contribution in [0.15, 0.2) is 97.6 Å². The smallest absolute Gasteiger partial charge is 0.252 e. The summed E-state index contributed by atoms with van der Waals surface area (Å²) in [5.74, 6) is -0.807. The van der Waals surface area contributed by atoms with Crippen molar-refractivity contribution in [2.75, 3.05) is 133 Å². The number of aliphatic hydroxyl groups excluding tert-OH is 2. The number of nitrogens with zero attached hydrogens (tertiary/aromatic N) is 6. The fourth-order valence-corrected chi connectivity index (χ4v) is 10.9. The molecule has 6 aromatic rings. The Kier molecular flexibility index (Phi) is 27.5. The largest absolute Gasteiger partial charge is 0.475 e. The van der Waals surface area contributed by atoms with Crippen molar-refractivity contribution in [1.29, 1.82) is 0 Å². The number of carbonyl (C=O) groups is 2. The molecule has 0 spiro atoms. The first kappa shape index (κ1) is 67.1. The van der Waals surface area contributed by atoms with Gasteiger partial charge in [0.15, 0.2) is 12.2 Å². The molecular weight excluding hydrogens is 1200 g/mol. The summed E-state index contributed by atoms with van der Waals surface area (Å²) in [7, 11) is 4.17. The lowest BCUT2D eigenvalue weighted by molar-refractivity contribution is -0.146. The first-order chi connectivity index (χ1) is 40.8. The fraction of sp³-hybridized carbons (Fsp3) is 0.433. The van der Waals surface area contributed by atoms with Gasteiger partial charge in [0.2, 0.25) is 11.8 Å². The zero-order chi connectivity index (χ0) is 59.2. The fourth-order valence-electron chi connectivity index (χ4n) is 9.73. The zero-order valence-corrected chi connectivity index (χ0v) is 51.1. The van der Waals surface area contributed by atoms with Crippen LogP contribution in [0.1, 0.15) is 45.2 Å². The summed E-state index contributed by atoms with van der Waals surface area (Å²) in [5.41, 5.74) is 10.0. The summed E-state index contributed by atoms with van der Waals surface area (Å²) in [4.78, 5) is 46.7. The first-order valence-electron chi connectivity index (χ1n) is 27.6. The van der Waals surface area contributed by atoms with Gasteiger partial charge >= 0.3 is 0 Å². The molecule has 0 aliphatic carbocycles. The number of aromatic nitrogens is 4. The normalized spacial score (nSPS) is 15.7. The lowest BCUT2D eigenvalue weighted by atomic mass is 9.84. The van der Waals surface area contributed by atoms with Crippen molar-refractivity contribution in [2.24, 2.45) is 0 Å². The SMILES string of the molecule is CN1Cc2c(Cl)cc(Cl)cc2[C@H](c2cccc(-c3cc(OCCOCCOCCOCCNC(=O)[C@H](O)[C@@H](O)C(=O)NCCOCCOCCOCCOc4cc(-c5cccc([C@@H]6CN(C)Cc7c(Cl)cc(Cl)cc76)c5)ncn4)ncn3)c2)C1.Cl. The third-order valence-electron chi connectivity index (χ3n) is 13.8. The van der Waals surface area contributed by atoms with E-state index in [2.05, 4.69) is 78.7 Å². The summed E-state index contributed by atoms with van der Waals surface area (Å²) in [6.45, 7) is 7.03. The van der Waals surface area contributed by atoms with Crippen LogP contribution in [0.2, 0.25) is 20.1 Å². The molecule has 4 heterocycles. The van der Waals surface area contributed by atoms with Gasteiger partial charge < -0.3 is 68.5 Å². The van der Waals surface area contributed by atoms with Crippen molar-refractivity contribution in [1.82, 2.24) is 40.4 Å². The predicted molar refractivity (Wildman–Crippen MR) is 325 cm³/mol. The van der Waals surface area contributed by atoms with Crippen molar-refractivity contribution >= 4 is 70.6 Å². The third kappa shape index (κ3) is 20.3. The molecule has 458 valence electrons. The molecule has 0 fully saturated rings. The number of hydrogen-bond acceptors (Lipinski definition) is 18. The Balaban J connectivity index is 0.0000104. The number of nitrogens with one attached hydrogen (secondary N) is 2. The molecule has 2 aliphatic heterocycles. The standard InChI is InChI=1S/C60H70Cl4N8O12.ClH/c1-71-33-47(45-27-43(61)29-51(63)49(45)35-71)39-5-3-7-41(25-39)53-31-55(69-37-67-53)83-23-21-81-19-17-79-15-13-77-11-9-65-59(75)57(73)58(74)60(76)66-10-12-78-14-16-80-18-20-82-22-24-84-56-32-54(68-38-70-56)42-8-4-6-40(26-42)48-34-72(2)36-50-46(48)28-44(62)30-52(50)64;/h3-8,25-32,37-38,47-48,57-58,73-74H,9-24,33-36H2,1-2H3,(H,65,75)(H,66,76);1H/t47-,48-,57+,58+;/m0./s1. The second kappa shape index (κ2) is 34.8. The second-order valence-corrected chi connectivity index (χ2v) is 21.7. The first-order valence-corrected chi connectivity index (χ1v) is 29.1. The van der Waals surface area contributed by atoms with E-state index in [0.717, 1.165) is 82.1 Å². The number of rotatable bonds is 33. The Morgan fingerprint density at radius 1 is 0.518 bits per heavy atom. The van der Waals surface area contributed by atoms with Crippen molar-refractivity contribution in [3.63, 3.8) is 0 Å². The van der Waals surface area contributed by atoms with Crippen LogP contribution in [0.3, 0.4) is 0 Å². The molecule has 8 rings (SSSR count). The highest BCUT2D eigenvalue weighted by Gasteiger charge is 2.31. The minimum Gasteiger partial charge on any atom is -0.475 e. The third-order valence-corrected chi connectivity index (χ3v) is 14.9. The molecule has 0 radical (unpaired) electrons. The number of ether oxygens (including phenoxy) is 8. The molecule has 20 nitrogen and oxygen atoms in total. The van der Waals surface area contributed by atoms with Gasteiger partial charge in [0.1, 0.15) is 25.9 Å². The summed E-state index contributed by atoms with van der Waals surface area (Å²) >= 11 is 26.0. The van der Waals surface area contributed by atoms with Crippen LogP contribution in [0.5, 0.6) is 11.8 Å². The van der Waals surface area contributed by atoms with Crippen LogP contribution in [0.4, 0.5) is 0 Å². The van der Waals surface area contributed by atoms with Gasteiger partial charge in [-0.2, -0.15) is 0 Å². The minimum atomic E-state index is -1.98. The molecule has 4 N–H and O–H groups in total. The predicted octanol–water partition coefficient (Wildman–Crippen LogP) is 7.30. The summed E-state index contributed by atoms with van der Waals surface area (Å²) in [6.07, 6.45) is -1.01. The van der Waals surface area contributed by atoms with E-state index in [-0.39, 0.29) is 90.2 Å². The molecule has 0 unspecified atom stereocenters. The van der Waals surface area contributed by atoms with Crippen LogP contribution in [0, 0.1) is 0 Å². The maximum atomic E-state index is 12.3. The zero-order valence-electron chi connectivity index (χ0n) is 47.3. The Bertz CT molecular complexity index is 2900. The molecule has 0 bridgehead atoms. The van der Waals surface area contributed by atoms with Crippen LogP contribution in [-0.2, 0) is 51.1 Å². The van der Waals surface area contributed by atoms with Gasteiger partial charge in [0, 0.05) is 94.5 Å². The summed E-state index contributed by atoms with van der Waals surface area (Å²) in [5, 5.41) is 27.9. The Morgan fingerprint density at radius 3 is 1.27 bits per heavy atom. The maximum Gasteiger partial charge on any atom is 0.252 e. The van der Waals surface area contributed by atoms with E-state index in [1.54, 1.807) is 24.3 Å². The summed E-state index contributed by atoms with van der Waals surface area (Å²) < 4.78 is 45.0. The van der Waals surface area contributed by atoms with E-state index >= 15 is 0 Å². The molecular formula is C60H71Cl5N8O12. The number of hydrogen-bond donors (Lipinski definition) is 4. The number of aliphatic hydroxyl groups is 2. The number of amides is 2. The van der Waals surface area contributed by atoms with E-state index in [1.807, 2.05) is 36.4 Å². The molecule has 25 heteroatoms. The van der Waals surface area contributed by atoms with E-state index in [1.165, 1.54) is 12.7 Å². The molecule has 4 aromatic carbocycles. The van der Waals surface area contributed by atoms with Crippen molar-refractivity contribution in [2.45, 2.75) is 37.1 Å². The van der Waals surface area contributed by atoms with E-state index in [0.29, 0.717) is 71.5 Å². The summed E-state index contributed by atoms with van der Waals surface area (Å²) in [6, 6.07) is 27.8. The molecule has 85 heavy (non-hydrogen) atoms. The van der Waals surface area contributed by atoms with Gasteiger partial charge in [-0.1, -0.05) is 82.8 Å². The van der Waals surface area contributed by atoms with Crippen LogP contribution < -0.4 is 20.1 Å². The van der Waals surface area contributed by atoms with Crippen molar-refractivity contribution in [3.8, 4) is 34.3 Å². The average molecular weight is 1270 g/mol. The van der Waals surface area contributed by atoms with Crippen LogP contribution in [-0.4, -0.2) is 197 Å². The van der Waals surface area contributed by atoms with Crippen LogP contribution >= 0.6 is 58.8 Å². The number of likely N-dealkylation sites (N-methyl/N-ethyl adjacent to an activating group) is 2. The number of benzene rings is 4. The molecule has 2 amide bonds. The monoisotopic (exact) mass is 1270 g/mol. The lowest BCUT2D eigenvalue weighted by Crippen LogP contribution is -2.50. The number of carbonyl (C=O) groups excluding carboxylic acids is 2. The average Bonchev–Trinajstić information content (AvgIpc) is 3.69. The number of fused-ring (bicyclic) bond motifs is 2. The molecule has 0 saturated heterocycles. The van der Waals surface area contributed by atoms with Gasteiger partial charge in [0.05, 0.1) is 90.7 Å². The topological polar surface area (TPSA) is 231 Å². The van der Waals surface area contributed by atoms with Gasteiger partial charge in [-0.3, -0.25) is 9.59 Å². The number of halogens is 5. The Labute approximate surface area is 521 Å². The highest BCUT2D eigenvalue weighted by atomic mass is 35.5. The van der Waals surface area contributed by atoms with Gasteiger partial charge in [0.25, 0.3) is 11.8 Å². The molecule has 0 saturated carbocycles. The molecule has 2 aromatic heterocycles. The van der Waals surface area contributed by atoms with Crippen molar-refractivity contribution < 1.29 is 57.7 Å². The second-order valence-electron chi connectivity index (χ2n) is 20.0. The van der Waals surface area contributed by atoms with Gasteiger partial charge in [-0.15, -0.1) is 12.4 Å². The quantitative estimate of drug-likeness (QED) is 0.0296. The van der Waals surface area contributed by atoms with E-state index in [9.17, 15) is 19.8 Å². The van der Waals surface area contributed by atoms with Gasteiger partial charge in [-0.05, 0) is 83.9 Å². The lowest BCUT2D eigenvalue weighted by Gasteiger charge is -2.33. The Hall–Kier alpha value is -5.37. The van der Waals surface area contributed by atoms with Crippen LogP contribution in [0.25, 0.3) is 22.5 Å². The maximum absolute atomic E-state index is 12.3. The highest BCUT2D eigenvalue weighted by molar-refractivity contribution is 6.35. The van der Waals surface area contributed by atoms with E-state index < -0.39 is 24.0 Å². The Morgan fingerprint density at radius 2 is 0.882 bits per heavy atom. The van der Waals surface area contributed by atoms with Gasteiger partial charge in [-0.25, -0.2) is 19.9 Å². The molecule has 4 atom stereocenters. The highest BCUT2D eigenvalue weighted by Crippen LogP contribution is 2.41. The molecule has 2 aliphatic rings. The van der Waals surface area contributed by atoms with Crippen molar-refractivity contribution in [3.05, 3.63) is 151 Å². The minimum absolute atomic E-state index is 0. The van der Waals surface area contributed by atoms with E-state index in [4.69, 9.17) is 84.3 Å².